The maximum atomic E-state index is 12.2. The van der Waals surface area contributed by atoms with E-state index in [-0.39, 0.29) is 11.7 Å². The first kappa shape index (κ1) is 15.8. The molecule has 128 valence electrons. The minimum atomic E-state index is -0.347. The highest BCUT2D eigenvalue weighted by molar-refractivity contribution is 6.04. The third kappa shape index (κ3) is 3.12. The van der Waals surface area contributed by atoms with Crippen molar-refractivity contribution in [2.24, 2.45) is 0 Å². The Labute approximate surface area is 149 Å². The van der Waals surface area contributed by atoms with Gasteiger partial charge in [-0.05, 0) is 31.2 Å². The summed E-state index contributed by atoms with van der Waals surface area (Å²) in [4.78, 5) is 16.7. The van der Waals surface area contributed by atoms with E-state index >= 15 is 0 Å². The number of carbonyl (C=O) groups is 1. The number of carbonyl (C=O) groups excluding carboxylic acids is 1. The van der Waals surface area contributed by atoms with Gasteiger partial charge in [-0.1, -0.05) is 47.1 Å². The summed E-state index contributed by atoms with van der Waals surface area (Å²) in [6, 6.07) is 18.4. The second kappa shape index (κ2) is 6.68. The fourth-order valence-corrected chi connectivity index (χ4v) is 2.52. The summed E-state index contributed by atoms with van der Waals surface area (Å²) < 4.78 is 10.5. The molecule has 4 aromatic rings. The molecule has 0 aliphatic carbocycles. The molecule has 1 N–H and O–H groups in total. The number of para-hydroxylation sites is 1. The molecular weight excluding hydrogens is 330 g/mol. The van der Waals surface area contributed by atoms with Gasteiger partial charge >= 0.3 is 0 Å². The first-order chi connectivity index (χ1) is 12.7. The molecule has 4 rings (SSSR count). The zero-order chi connectivity index (χ0) is 17.9. The number of furan rings is 1. The fraction of sp³-hybridized carbons (Fsp3) is 0.0500. The second-order valence-electron chi connectivity index (χ2n) is 5.77. The predicted molar refractivity (Wildman–Crippen MR) is 96.6 cm³/mol. The van der Waals surface area contributed by atoms with Gasteiger partial charge in [-0.2, -0.15) is 4.98 Å². The Balaban J connectivity index is 1.64. The van der Waals surface area contributed by atoms with Gasteiger partial charge < -0.3 is 14.3 Å². The van der Waals surface area contributed by atoms with E-state index in [1.165, 1.54) is 6.26 Å². The van der Waals surface area contributed by atoms with Crippen LogP contribution in [0.15, 0.2) is 75.9 Å². The van der Waals surface area contributed by atoms with Gasteiger partial charge in [0.2, 0.25) is 5.82 Å². The number of aromatic nitrogens is 2. The molecule has 0 fully saturated rings. The Morgan fingerprint density at radius 3 is 2.58 bits per heavy atom. The molecule has 0 atom stereocenters. The molecule has 0 aliphatic heterocycles. The molecule has 2 aromatic heterocycles. The summed E-state index contributed by atoms with van der Waals surface area (Å²) in [6.45, 7) is 2.02. The largest absolute Gasteiger partial charge is 0.459 e. The quantitative estimate of drug-likeness (QED) is 0.586. The van der Waals surface area contributed by atoms with Crippen molar-refractivity contribution in [2.45, 2.75) is 6.92 Å². The molecule has 0 radical (unpaired) electrons. The van der Waals surface area contributed by atoms with E-state index in [0.29, 0.717) is 23.0 Å². The van der Waals surface area contributed by atoms with Crippen molar-refractivity contribution in [3.63, 3.8) is 0 Å². The van der Waals surface area contributed by atoms with Crippen LogP contribution in [-0.2, 0) is 0 Å². The van der Waals surface area contributed by atoms with Crippen LogP contribution in [-0.4, -0.2) is 16.0 Å². The van der Waals surface area contributed by atoms with E-state index in [1.54, 1.807) is 18.2 Å². The monoisotopic (exact) mass is 345 g/mol. The maximum absolute atomic E-state index is 12.2. The zero-order valence-corrected chi connectivity index (χ0v) is 14.0. The van der Waals surface area contributed by atoms with Crippen molar-refractivity contribution in [1.29, 1.82) is 0 Å². The molecule has 2 aromatic carbocycles. The number of nitrogens with one attached hydrogen (secondary N) is 1. The van der Waals surface area contributed by atoms with Gasteiger partial charge in [0.05, 0.1) is 17.5 Å². The van der Waals surface area contributed by atoms with Crippen LogP contribution in [0.3, 0.4) is 0 Å². The maximum Gasteiger partial charge on any atom is 0.291 e. The van der Waals surface area contributed by atoms with Gasteiger partial charge in [-0.25, -0.2) is 0 Å². The third-order valence-electron chi connectivity index (χ3n) is 3.89. The number of benzene rings is 2. The van der Waals surface area contributed by atoms with Crippen molar-refractivity contribution < 1.29 is 13.7 Å². The summed E-state index contributed by atoms with van der Waals surface area (Å²) >= 11 is 0. The van der Waals surface area contributed by atoms with Crippen molar-refractivity contribution in [3.8, 4) is 22.8 Å². The highest BCUT2D eigenvalue weighted by Gasteiger charge is 2.16. The summed E-state index contributed by atoms with van der Waals surface area (Å²) in [5.74, 6) is 0.703. The number of anilines is 1. The lowest BCUT2D eigenvalue weighted by Crippen LogP contribution is -2.11. The number of aryl methyl sites for hydroxylation is 1. The minimum Gasteiger partial charge on any atom is -0.459 e. The Bertz CT molecular complexity index is 1030. The highest BCUT2D eigenvalue weighted by Crippen LogP contribution is 2.29. The lowest BCUT2D eigenvalue weighted by Gasteiger charge is -2.06. The molecule has 0 unspecified atom stereocenters. The van der Waals surface area contributed by atoms with Gasteiger partial charge in [0, 0.05) is 5.56 Å². The van der Waals surface area contributed by atoms with Crippen molar-refractivity contribution in [1.82, 2.24) is 10.1 Å². The molecule has 26 heavy (non-hydrogen) atoms. The molecular formula is C20H15N3O3. The van der Waals surface area contributed by atoms with Crippen LogP contribution in [0.4, 0.5) is 5.69 Å². The molecule has 2 heterocycles. The Morgan fingerprint density at radius 2 is 1.81 bits per heavy atom. The van der Waals surface area contributed by atoms with Crippen LogP contribution < -0.4 is 5.32 Å². The van der Waals surface area contributed by atoms with E-state index in [1.807, 2.05) is 49.4 Å². The van der Waals surface area contributed by atoms with Crippen LogP contribution in [0, 0.1) is 6.92 Å². The first-order valence-electron chi connectivity index (χ1n) is 8.06. The van der Waals surface area contributed by atoms with Crippen LogP contribution in [0.2, 0.25) is 0 Å². The molecule has 6 heteroatoms. The number of hydrogen-bond acceptors (Lipinski definition) is 5. The van der Waals surface area contributed by atoms with E-state index in [0.717, 1.165) is 11.1 Å². The zero-order valence-electron chi connectivity index (χ0n) is 14.0. The average Bonchev–Trinajstić information content (AvgIpc) is 3.35. The number of rotatable bonds is 4. The van der Waals surface area contributed by atoms with Gasteiger partial charge in [-0.3, -0.25) is 4.79 Å². The standard InChI is InChI=1S/C20H15N3O3/c1-13-8-10-14(11-9-13)18-22-20(26-23-18)15-5-2-3-6-16(15)21-19(24)17-7-4-12-25-17/h2-12H,1H3,(H,21,24). The van der Waals surface area contributed by atoms with Crippen LogP contribution >= 0.6 is 0 Å². The summed E-state index contributed by atoms with van der Waals surface area (Å²) in [5, 5.41) is 6.85. The summed E-state index contributed by atoms with van der Waals surface area (Å²) in [6.07, 6.45) is 1.45. The van der Waals surface area contributed by atoms with Gasteiger partial charge in [0.15, 0.2) is 5.76 Å². The molecule has 0 aliphatic rings. The van der Waals surface area contributed by atoms with E-state index in [9.17, 15) is 4.79 Å². The lowest BCUT2D eigenvalue weighted by atomic mass is 10.1. The van der Waals surface area contributed by atoms with Crippen LogP contribution in [0.1, 0.15) is 16.1 Å². The SMILES string of the molecule is Cc1ccc(-c2noc(-c3ccccc3NC(=O)c3ccco3)n2)cc1. The van der Waals surface area contributed by atoms with E-state index < -0.39 is 0 Å². The number of hydrogen-bond donors (Lipinski definition) is 1. The van der Waals surface area contributed by atoms with Gasteiger partial charge in [-0.15, -0.1) is 0 Å². The topological polar surface area (TPSA) is 81.2 Å². The van der Waals surface area contributed by atoms with Crippen LogP contribution in [0.5, 0.6) is 0 Å². The molecule has 0 saturated heterocycles. The predicted octanol–water partition coefficient (Wildman–Crippen LogP) is 4.56. The van der Waals surface area contributed by atoms with Gasteiger partial charge in [0.25, 0.3) is 11.8 Å². The molecule has 0 saturated carbocycles. The molecule has 1 amide bonds. The minimum absolute atomic E-state index is 0.227. The van der Waals surface area contributed by atoms with Gasteiger partial charge in [0.1, 0.15) is 0 Å². The van der Waals surface area contributed by atoms with Crippen LogP contribution in [0.25, 0.3) is 22.8 Å². The normalized spacial score (nSPS) is 10.7. The Hall–Kier alpha value is -3.67. The van der Waals surface area contributed by atoms with Crippen molar-refractivity contribution in [3.05, 3.63) is 78.3 Å². The van der Waals surface area contributed by atoms with E-state index in [4.69, 9.17) is 8.94 Å². The molecule has 0 bridgehead atoms. The summed E-state index contributed by atoms with van der Waals surface area (Å²) in [5.41, 5.74) is 3.22. The Morgan fingerprint density at radius 1 is 1.00 bits per heavy atom. The first-order valence-corrected chi connectivity index (χ1v) is 8.06. The number of nitrogens with zero attached hydrogens (tertiary/aromatic N) is 2. The third-order valence-corrected chi connectivity index (χ3v) is 3.89. The lowest BCUT2D eigenvalue weighted by molar-refractivity contribution is 0.0996. The average molecular weight is 345 g/mol. The molecule has 6 nitrogen and oxygen atoms in total. The van der Waals surface area contributed by atoms with E-state index in [2.05, 4.69) is 15.5 Å². The fourth-order valence-electron chi connectivity index (χ4n) is 2.52. The second-order valence-corrected chi connectivity index (χ2v) is 5.77. The highest BCUT2D eigenvalue weighted by atomic mass is 16.5. The van der Waals surface area contributed by atoms with Crippen molar-refractivity contribution >= 4 is 11.6 Å². The van der Waals surface area contributed by atoms with Crippen molar-refractivity contribution in [2.75, 3.05) is 5.32 Å². The summed E-state index contributed by atoms with van der Waals surface area (Å²) in [7, 11) is 0. The molecule has 0 spiro atoms. The number of amides is 1. The Kier molecular flexibility index (Phi) is 4.07. The smallest absolute Gasteiger partial charge is 0.291 e.